The van der Waals surface area contributed by atoms with Crippen LogP contribution in [0.5, 0.6) is 0 Å². The lowest BCUT2D eigenvalue weighted by molar-refractivity contribution is 0.0988. The van der Waals surface area contributed by atoms with E-state index in [2.05, 4.69) is 26.2 Å². The SMILES string of the molecule is CCN(C(=O)c1ccc(Nc2cccc(Br)c2)nc1)c1ccccc1. The Hall–Kier alpha value is -2.66. The van der Waals surface area contributed by atoms with Gasteiger partial charge in [-0.2, -0.15) is 0 Å². The molecule has 3 rings (SSSR count). The van der Waals surface area contributed by atoms with Crippen LogP contribution >= 0.6 is 15.9 Å². The Morgan fingerprint density at radius 1 is 1.08 bits per heavy atom. The zero-order valence-corrected chi connectivity index (χ0v) is 15.4. The first kappa shape index (κ1) is 17.2. The van der Waals surface area contributed by atoms with Gasteiger partial charge in [-0.15, -0.1) is 0 Å². The molecule has 0 bridgehead atoms. The molecular weight excluding hydrogens is 378 g/mol. The number of benzene rings is 2. The molecule has 2 aromatic carbocycles. The van der Waals surface area contributed by atoms with E-state index in [0.717, 1.165) is 15.8 Å². The van der Waals surface area contributed by atoms with Crippen LogP contribution in [0.15, 0.2) is 77.4 Å². The molecule has 1 amide bonds. The largest absolute Gasteiger partial charge is 0.340 e. The monoisotopic (exact) mass is 395 g/mol. The highest BCUT2D eigenvalue weighted by Crippen LogP contribution is 2.20. The second-order valence-corrected chi connectivity index (χ2v) is 6.37. The third-order valence-corrected chi connectivity index (χ3v) is 4.23. The number of halogens is 1. The number of hydrogen-bond acceptors (Lipinski definition) is 3. The van der Waals surface area contributed by atoms with Crippen LogP contribution in [-0.2, 0) is 0 Å². The minimum Gasteiger partial charge on any atom is -0.340 e. The molecule has 0 aliphatic rings. The van der Waals surface area contributed by atoms with Crippen molar-refractivity contribution in [2.75, 3.05) is 16.8 Å². The van der Waals surface area contributed by atoms with Gasteiger partial charge in [-0.25, -0.2) is 4.98 Å². The van der Waals surface area contributed by atoms with Crippen molar-refractivity contribution in [2.45, 2.75) is 6.92 Å². The van der Waals surface area contributed by atoms with Crippen molar-refractivity contribution < 1.29 is 4.79 Å². The van der Waals surface area contributed by atoms with Crippen molar-refractivity contribution in [3.8, 4) is 0 Å². The zero-order valence-electron chi connectivity index (χ0n) is 13.8. The van der Waals surface area contributed by atoms with Gasteiger partial charge in [0.1, 0.15) is 5.82 Å². The fourth-order valence-electron chi connectivity index (χ4n) is 2.52. The summed E-state index contributed by atoms with van der Waals surface area (Å²) in [6.45, 7) is 2.56. The van der Waals surface area contributed by atoms with Gasteiger partial charge >= 0.3 is 0 Å². The van der Waals surface area contributed by atoms with Crippen molar-refractivity contribution >= 4 is 39.0 Å². The highest BCUT2D eigenvalue weighted by atomic mass is 79.9. The minimum absolute atomic E-state index is 0.0600. The Bertz CT molecular complexity index is 850. The Morgan fingerprint density at radius 2 is 1.88 bits per heavy atom. The van der Waals surface area contributed by atoms with Gasteiger partial charge in [-0.3, -0.25) is 4.79 Å². The van der Waals surface area contributed by atoms with Gasteiger partial charge in [-0.1, -0.05) is 40.2 Å². The number of hydrogen-bond donors (Lipinski definition) is 1. The first-order valence-electron chi connectivity index (χ1n) is 8.03. The summed E-state index contributed by atoms with van der Waals surface area (Å²) in [5.74, 6) is 0.632. The number of aromatic nitrogens is 1. The lowest BCUT2D eigenvalue weighted by Gasteiger charge is -2.21. The van der Waals surface area contributed by atoms with Crippen molar-refractivity contribution in [1.82, 2.24) is 4.98 Å². The molecule has 0 saturated heterocycles. The quantitative estimate of drug-likeness (QED) is 0.640. The first-order valence-corrected chi connectivity index (χ1v) is 8.82. The van der Waals surface area contributed by atoms with Crippen LogP contribution < -0.4 is 10.2 Å². The fraction of sp³-hybridized carbons (Fsp3) is 0.100. The third-order valence-electron chi connectivity index (χ3n) is 3.74. The van der Waals surface area contributed by atoms with Gasteiger partial charge in [0.15, 0.2) is 0 Å². The Kier molecular flexibility index (Phi) is 5.46. The summed E-state index contributed by atoms with van der Waals surface area (Å²) < 4.78 is 0.991. The number of amides is 1. The van der Waals surface area contributed by atoms with E-state index in [9.17, 15) is 4.79 Å². The summed E-state index contributed by atoms with van der Waals surface area (Å²) in [6, 6.07) is 21.1. The van der Waals surface area contributed by atoms with Crippen molar-refractivity contribution in [3.05, 3.63) is 83.0 Å². The maximum atomic E-state index is 12.7. The van der Waals surface area contributed by atoms with E-state index in [1.54, 1.807) is 17.2 Å². The van der Waals surface area contributed by atoms with Gasteiger partial charge in [-0.05, 0) is 49.4 Å². The highest BCUT2D eigenvalue weighted by Gasteiger charge is 2.16. The van der Waals surface area contributed by atoms with Gasteiger partial charge in [0.05, 0.1) is 5.56 Å². The predicted molar refractivity (Wildman–Crippen MR) is 105 cm³/mol. The topological polar surface area (TPSA) is 45.2 Å². The summed E-state index contributed by atoms with van der Waals surface area (Å²) in [6.07, 6.45) is 1.61. The van der Waals surface area contributed by atoms with Crippen LogP contribution in [-0.4, -0.2) is 17.4 Å². The summed E-state index contributed by atoms with van der Waals surface area (Å²) in [7, 11) is 0. The maximum absolute atomic E-state index is 12.7. The lowest BCUT2D eigenvalue weighted by Crippen LogP contribution is -2.30. The summed E-state index contributed by atoms with van der Waals surface area (Å²) in [4.78, 5) is 18.8. The number of rotatable bonds is 5. The number of anilines is 3. The molecule has 1 aromatic heterocycles. The molecule has 1 heterocycles. The molecule has 0 aliphatic carbocycles. The summed E-state index contributed by atoms with van der Waals surface area (Å²) >= 11 is 3.44. The standard InChI is InChI=1S/C20H18BrN3O/c1-2-24(18-9-4-3-5-10-18)20(25)15-11-12-19(22-14-15)23-17-8-6-7-16(21)13-17/h3-14H,2H2,1H3,(H,22,23). The first-order chi connectivity index (χ1) is 12.2. The number of carbonyl (C=O) groups excluding carboxylic acids is 1. The van der Waals surface area contributed by atoms with Crippen LogP contribution in [0.4, 0.5) is 17.2 Å². The summed E-state index contributed by atoms with van der Waals surface area (Å²) in [5, 5.41) is 3.22. The Balaban J connectivity index is 1.76. The molecule has 5 heteroatoms. The molecule has 3 aromatic rings. The van der Waals surface area contributed by atoms with E-state index >= 15 is 0 Å². The summed E-state index contributed by atoms with van der Waals surface area (Å²) in [5.41, 5.74) is 2.37. The molecule has 0 saturated carbocycles. The minimum atomic E-state index is -0.0600. The van der Waals surface area contributed by atoms with Gasteiger partial charge in [0, 0.05) is 28.6 Å². The van der Waals surface area contributed by atoms with Crippen molar-refractivity contribution in [3.63, 3.8) is 0 Å². The van der Waals surface area contributed by atoms with Crippen LogP contribution in [0.1, 0.15) is 17.3 Å². The van der Waals surface area contributed by atoms with Crippen LogP contribution in [0, 0.1) is 0 Å². The zero-order chi connectivity index (χ0) is 17.6. The normalized spacial score (nSPS) is 10.3. The smallest absolute Gasteiger partial charge is 0.259 e. The number of para-hydroxylation sites is 1. The number of pyridine rings is 1. The lowest BCUT2D eigenvalue weighted by atomic mass is 10.2. The van der Waals surface area contributed by atoms with E-state index in [1.165, 1.54) is 0 Å². The van der Waals surface area contributed by atoms with Crippen molar-refractivity contribution in [1.29, 1.82) is 0 Å². The van der Waals surface area contributed by atoms with Crippen LogP contribution in [0.3, 0.4) is 0 Å². The Morgan fingerprint density at radius 3 is 2.52 bits per heavy atom. The van der Waals surface area contributed by atoms with Gasteiger partial charge in [0.2, 0.25) is 0 Å². The molecule has 0 atom stereocenters. The van der Waals surface area contributed by atoms with Crippen LogP contribution in [0.2, 0.25) is 0 Å². The molecule has 25 heavy (non-hydrogen) atoms. The highest BCUT2D eigenvalue weighted by molar-refractivity contribution is 9.10. The van der Waals surface area contributed by atoms with E-state index in [1.807, 2.05) is 67.6 Å². The van der Waals surface area contributed by atoms with Crippen LogP contribution in [0.25, 0.3) is 0 Å². The molecule has 126 valence electrons. The molecule has 4 nitrogen and oxygen atoms in total. The van der Waals surface area contributed by atoms with E-state index in [4.69, 9.17) is 0 Å². The molecule has 0 spiro atoms. The molecule has 0 unspecified atom stereocenters. The van der Waals surface area contributed by atoms with E-state index in [0.29, 0.717) is 17.9 Å². The van der Waals surface area contributed by atoms with Gasteiger partial charge < -0.3 is 10.2 Å². The van der Waals surface area contributed by atoms with Gasteiger partial charge in [0.25, 0.3) is 5.91 Å². The third kappa shape index (κ3) is 4.25. The molecule has 0 radical (unpaired) electrons. The maximum Gasteiger partial charge on any atom is 0.259 e. The molecular formula is C20H18BrN3O. The van der Waals surface area contributed by atoms with E-state index < -0.39 is 0 Å². The molecule has 0 fully saturated rings. The number of nitrogens with one attached hydrogen (secondary N) is 1. The second kappa shape index (κ2) is 7.94. The predicted octanol–water partition coefficient (Wildman–Crippen LogP) is 5.25. The average Bonchev–Trinajstić information content (AvgIpc) is 2.64. The average molecular weight is 396 g/mol. The molecule has 0 aliphatic heterocycles. The van der Waals surface area contributed by atoms with E-state index in [-0.39, 0.29) is 5.91 Å². The fourth-order valence-corrected chi connectivity index (χ4v) is 2.91. The molecule has 1 N–H and O–H groups in total. The number of nitrogens with zero attached hydrogens (tertiary/aromatic N) is 2. The number of carbonyl (C=O) groups is 1. The second-order valence-electron chi connectivity index (χ2n) is 5.45. The Labute approximate surface area is 155 Å². The van der Waals surface area contributed by atoms with Crippen molar-refractivity contribution in [2.24, 2.45) is 0 Å².